The summed E-state index contributed by atoms with van der Waals surface area (Å²) in [7, 11) is -3.65. The molecular formula is C21H21FN2O7S. The van der Waals surface area contributed by atoms with E-state index >= 15 is 0 Å². The van der Waals surface area contributed by atoms with Gasteiger partial charge in [-0.15, -0.1) is 0 Å². The summed E-state index contributed by atoms with van der Waals surface area (Å²) < 4.78 is 55.2. The van der Waals surface area contributed by atoms with Gasteiger partial charge in [0.25, 0.3) is 0 Å². The number of hydrogen-bond donors (Lipinski definition) is 1. The second-order valence-corrected chi connectivity index (χ2v) is 8.61. The van der Waals surface area contributed by atoms with Gasteiger partial charge < -0.3 is 19.6 Å². The number of nitrogens with zero attached hydrogens (tertiary/aromatic N) is 1. The average molecular weight is 464 g/mol. The van der Waals surface area contributed by atoms with E-state index in [-0.39, 0.29) is 46.9 Å². The summed E-state index contributed by atoms with van der Waals surface area (Å²) in [6.07, 6.45) is -0.261. The van der Waals surface area contributed by atoms with Gasteiger partial charge in [-0.25, -0.2) is 22.4 Å². The lowest BCUT2D eigenvalue weighted by atomic mass is 10.0. The van der Waals surface area contributed by atoms with Crippen molar-refractivity contribution < 1.29 is 36.3 Å². The minimum Gasteiger partial charge on any atom is -0.492 e. The van der Waals surface area contributed by atoms with E-state index in [1.165, 1.54) is 36.4 Å². The quantitative estimate of drug-likeness (QED) is 0.417. The van der Waals surface area contributed by atoms with Gasteiger partial charge in [-0.2, -0.15) is 0 Å². The Kier molecular flexibility index (Phi) is 6.40. The summed E-state index contributed by atoms with van der Waals surface area (Å²) in [5.41, 5.74) is 5.52. The average Bonchev–Trinajstić information content (AvgIpc) is 3.06. The van der Waals surface area contributed by atoms with Gasteiger partial charge >= 0.3 is 12.1 Å². The number of halogens is 1. The summed E-state index contributed by atoms with van der Waals surface area (Å²) in [4.78, 5) is 23.9. The van der Waals surface area contributed by atoms with Gasteiger partial charge in [0, 0.05) is 23.6 Å². The summed E-state index contributed by atoms with van der Waals surface area (Å²) in [5.74, 6) is -1.42. The van der Waals surface area contributed by atoms with Crippen molar-refractivity contribution in [1.82, 2.24) is 0 Å². The first-order valence-electron chi connectivity index (χ1n) is 9.55. The van der Waals surface area contributed by atoms with Gasteiger partial charge in [-0.05, 0) is 44.2 Å². The molecule has 1 heterocycles. The number of fused-ring (bicyclic) bond motifs is 1. The number of furan rings is 1. The normalized spacial score (nSPS) is 11.4. The number of benzene rings is 2. The molecule has 0 bridgehead atoms. The Morgan fingerprint density at radius 1 is 1.16 bits per heavy atom. The zero-order chi connectivity index (χ0) is 23.6. The molecule has 0 fully saturated rings. The zero-order valence-electron chi connectivity index (χ0n) is 17.5. The number of amides is 1. The first-order valence-corrected chi connectivity index (χ1v) is 11.4. The molecule has 2 N–H and O–H groups in total. The third-order valence-electron chi connectivity index (χ3n) is 4.53. The second-order valence-electron chi connectivity index (χ2n) is 6.70. The Morgan fingerprint density at radius 2 is 1.81 bits per heavy atom. The van der Waals surface area contributed by atoms with E-state index in [0.29, 0.717) is 5.56 Å². The van der Waals surface area contributed by atoms with Crippen LogP contribution < -0.4 is 14.8 Å². The maximum absolute atomic E-state index is 13.4. The summed E-state index contributed by atoms with van der Waals surface area (Å²) in [6.45, 7) is 3.70. The Labute approximate surface area is 183 Å². The molecule has 0 unspecified atom stereocenters. The highest BCUT2D eigenvalue weighted by Gasteiger charge is 2.28. The Morgan fingerprint density at radius 3 is 2.34 bits per heavy atom. The van der Waals surface area contributed by atoms with Crippen LogP contribution in [0.5, 0.6) is 5.75 Å². The highest BCUT2D eigenvalue weighted by atomic mass is 32.2. The molecule has 0 atom stereocenters. The fraction of sp³-hybridized carbons (Fsp3) is 0.238. The van der Waals surface area contributed by atoms with Crippen LogP contribution in [-0.2, 0) is 14.8 Å². The Hall–Kier alpha value is -3.60. The maximum atomic E-state index is 13.4. The molecule has 0 spiro atoms. The van der Waals surface area contributed by atoms with Crippen LogP contribution >= 0.6 is 0 Å². The number of ether oxygens (including phenoxy) is 2. The van der Waals surface area contributed by atoms with Crippen molar-refractivity contribution in [3.05, 3.63) is 47.8 Å². The highest BCUT2D eigenvalue weighted by molar-refractivity contribution is 7.92. The first-order chi connectivity index (χ1) is 15.1. The van der Waals surface area contributed by atoms with Gasteiger partial charge in [0.1, 0.15) is 28.5 Å². The number of primary amides is 1. The molecule has 0 radical (unpaired) electrons. The molecule has 0 aliphatic rings. The van der Waals surface area contributed by atoms with Crippen molar-refractivity contribution >= 4 is 38.7 Å². The monoisotopic (exact) mass is 464 g/mol. The van der Waals surface area contributed by atoms with Crippen LogP contribution in [0.15, 0.2) is 40.8 Å². The van der Waals surface area contributed by atoms with E-state index < -0.39 is 27.9 Å². The summed E-state index contributed by atoms with van der Waals surface area (Å²) in [6, 6.07) is 7.95. The molecule has 2 aromatic carbocycles. The third kappa shape index (κ3) is 4.52. The first kappa shape index (κ1) is 23.1. The lowest BCUT2D eigenvalue weighted by molar-refractivity contribution is 0.0640. The number of hydrogen-bond acceptors (Lipinski definition) is 7. The van der Waals surface area contributed by atoms with E-state index in [1.807, 2.05) is 0 Å². The molecule has 0 aliphatic carbocycles. The molecule has 0 aliphatic heterocycles. The van der Waals surface area contributed by atoms with Gasteiger partial charge in [-0.3, -0.25) is 4.31 Å². The lowest BCUT2D eigenvalue weighted by Gasteiger charge is -2.23. The summed E-state index contributed by atoms with van der Waals surface area (Å²) >= 11 is 0. The van der Waals surface area contributed by atoms with Crippen LogP contribution in [-0.4, -0.2) is 39.9 Å². The number of sulfonamides is 1. The number of rotatable bonds is 7. The summed E-state index contributed by atoms with van der Waals surface area (Å²) in [5, 5.41) is 0.201. The number of esters is 1. The number of nitrogens with two attached hydrogens (primary N) is 1. The Bertz CT molecular complexity index is 1280. The molecule has 9 nitrogen and oxygen atoms in total. The molecule has 3 rings (SSSR count). The van der Waals surface area contributed by atoms with Crippen LogP contribution in [0.1, 0.15) is 24.2 Å². The van der Waals surface area contributed by atoms with E-state index in [0.717, 1.165) is 10.6 Å². The number of carbonyl (C=O) groups is 2. The van der Waals surface area contributed by atoms with Crippen LogP contribution in [0.2, 0.25) is 0 Å². The van der Waals surface area contributed by atoms with E-state index in [2.05, 4.69) is 4.74 Å². The molecule has 170 valence electrons. The van der Waals surface area contributed by atoms with E-state index in [9.17, 15) is 22.4 Å². The molecule has 3 aromatic rings. The highest BCUT2D eigenvalue weighted by Crippen LogP contribution is 2.41. The topological polar surface area (TPSA) is 129 Å². The molecule has 1 amide bonds. The van der Waals surface area contributed by atoms with Gasteiger partial charge in [-0.1, -0.05) is 0 Å². The zero-order valence-corrected chi connectivity index (χ0v) is 18.4. The maximum Gasteiger partial charge on any atom is 0.412 e. The predicted octanol–water partition coefficient (Wildman–Crippen LogP) is 3.66. The second kappa shape index (κ2) is 8.87. The lowest BCUT2D eigenvalue weighted by Crippen LogP contribution is -2.29. The standard InChI is InChI=1S/C21H21FN2O7S/c1-4-24(32(3,27)28)15-11-16-14(10-17(15)29-5-2)18(20(25)31-21(23)26)19(30-16)12-6-8-13(22)9-7-12/h6-11H,4-5H2,1-3H3,(H2,23,26). The van der Waals surface area contributed by atoms with Crippen LogP contribution in [0.4, 0.5) is 14.9 Å². The molecule has 0 saturated carbocycles. The number of anilines is 1. The fourth-order valence-corrected chi connectivity index (χ4v) is 4.28. The fourth-order valence-electron chi connectivity index (χ4n) is 3.31. The number of carbonyl (C=O) groups excluding carboxylic acids is 2. The molecule has 0 saturated heterocycles. The smallest absolute Gasteiger partial charge is 0.412 e. The van der Waals surface area contributed by atoms with Crippen molar-refractivity contribution in [3.8, 4) is 17.1 Å². The SMILES string of the molecule is CCOc1cc2c(C(=O)OC(N)=O)c(-c3ccc(F)cc3)oc2cc1N(CC)S(C)(=O)=O. The largest absolute Gasteiger partial charge is 0.492 e. The van der Waals surface area contributed by atoms with Crippen molar-refractivity contribution in [2.75, 3.05) is 23.7 Å². The van der Waals surface area contributed by atoms with E-state index in [1.54, 1.807) is 13.8 Å². The van der Waals surface area contributed by atoms with Crippen LogP contribution in [0.3, 0.4) is 0 Å². The molecule has 32 heavy (non-hydrogen) atoms. The third-order valence-corrected chi connectivity index (χ3v) is 5.79. The van der Waals surface area contributed by atoms with Crippen LogP contribution in [0, 0.1) is 5.82 Å². The Balaban J connectivity index is 2.35. The van der Waals surface area contributed by atoms with Gasteiger partial charge in [0.2, 0.25) is 10.0 Å². The van der Waals surface area contributed by atoms with Crippen molar-refractivity contribution in [1.29, 1.82) is 0 Å². The van der Waals surface area contributed by atoms with E-state index in [4.69, 9.17) is 14.9 Å². The van der Waals surface area contributed by atoms with Crippen molar-refractivity contribution in [2.24, 2.45) is 5.73 Å². The molecule has 11 heteroatoms. The predicted molar refractivity (Wildman–Crippen MR) is 116 cm³/mol. The van der Waals surface area contributed by atoms with Crippen molar-refractivity contribution in [3.63, 3.8) is 0 Å². The van der Waals surface area contributed by atoms with Crippen LogP contribution in [0.25, 0.3) is 22.3 Å². The molecule has 1 aromatic heterocycles. The minimum atomic E-state index is -3.65. The van der Waals surface area contributed by atoms with Crippen molar-refractivity contribution in [2.45, 2.75) is 13.8 Å². The molecular weight excluding hydrogens is 443 g/mol. The minimum absolute atomic E-state index is 0.00625. The van der Waals surface area contributed by atoms with Gasteiger partial charge in [0.05, 0.1) is 18.6 Å². The van der Waals surface area contributed by atoms with Gasteiger partial charge in [0.15, 0.2) is 0 Å².